The summed E-state index contributed by atoms with van der Waals surface area (Å²) in [4.78, 5) is 21.3. The van der Waals surface area contributed by atoms with Crippen LogP contribution in [0.15, 0.2) is 0 Å². The Balaban J connectivity index is 2.16. The molecule has 2 N–H and O–H groups in total. The SMILES string of the molecule is CCC(=O)NC[C@H]1CNC(=O)O1. The fourth-order valence-corrected chi connectivity index (χ4v) is 0.898. The lowest BCUT2D eigenvalue weighted by Crippen LogP contribution is -2.33. The maximum absolute atomic E-state index is 10.8. The molecule has 0 bridgehead atoms. The highest BCUT2D eigenvalue weighted by atomic mass is 16.6. The van der Waals surface area contributed by atoms with Gasteiger partial charge < -0.3 is 15.4 Å². The average molecular weight is 172 g/mol. The minimum absolute atomic E-state index is 0.0297. The molecule has 0 aromatic heterocycles. The van der Waals surface area contributed by atoms with E-state index in [2.05, 4.69) is 10.6 Å². The van der Waals surface area contributed by atoms with Gasteiger partial charge in [-0.15, -0.1) is 0 Å². The highest BCUT2D eigenvalue weighted by Crippen LogP contribution is 1.97. The van der Waals surface area contributed by atoms with Gasteiger partial charge in [0.05, 0.1) is 13.1 Å². The van der Waals surface area contributed by atoms with Crippen molar-refractivity contribution in [2.24, 2.45) is 0 Å². The Labute approximate surface area is 70.5 Å². The third kappa shape index (κ3) is 2.41. The molecule has 0 aromatic rings. The maximum Gasteiger partial charge on any atom is 0.407 e. The predicted octanol–water partition coefficient (Wildman–Crippen LogP) is -0.379. The summed E-state index contributed by atoms with van der Waals surface area (Å²) in [5.41, 5.74) is 0. The van der Waals surface area contributed by atoms with Crippen LogP contribution in [0.5, 0.6) is 0 Å². The van der Waals surface area contributed by atoms with Crippen LogP contribution < -0.4 is 10.6 Å². The quantitative estimate of drug-likeness (QED) is 0.609. The van der Waals surface area contributed by atoms with E-state index in [1.54, 1.807) is 6.92 Å². The molecule has 1 saturated heterocycles. The standard InChI is InChI=1S/C7H12N2O3/c1-2-6(10)8-3-5-4-9-7(11)12-5/h5H,2-4H2,1H3,(H,8,10)(H,9,11)/t5-/m0/s1. The van der Waals surface area contributed by atoms with Gasteiger partial charge in [-0.1, -0.05) is 6.92 Å². The molecule has 0 radical (unpaired) electrons. The lowest BCUT2D eigenvalue weighted by Gasteiger charge is -2.07. The van der Waals surface area contributed by atoms with Crippen molar-refractivity contribution in [3.8, 4) is 0 Å². The first-order valence-electron chi connectivity index (χ1n) is 3.93. The fraction of sp³-hybridized carbons (Fsp3) is 0.714. The molecule has 2 amide bonds. The molecule has 0 aromatic carbocycles. The first kappa shape index (κ1) is 8.83. The van der Waals surface area contributed by atoms with Gasteiger partial charge in [-0.05, 0) is 0 Å². The largest absolute Gasteiger partial charge is 0.442 e. The molecule has 68 valence electrons. The van der Waals surface area contributed by atoms with E-state index in [1.807, 2.05) is 0 Å². The molecule has 12 heavy (non-hydrogen) atoms. The third-order valence-electron chi connectivity index (χ3n) is 1.60. The van der Waals surface area contributed by atoms with Crippen LogP contribution in [0.4, 0.5) is 4.79 Å². The molecular formula is C7H12N2O3. The van der Waals surface area contributed by atoms with Crippen molar-refractivity contribution < 1.29 is 14.3 Å². The first-order valence-corrected chi connectivity index (χ1v) is 3.93. The van der Waals surface area contributed by atoms with Crippen LogP contribution >= 0.6 is 0 Å². The third-order valence-corrected chi connectivity index (χ3v) is 1.60. The highest BCUT2D eigenvalue weighted by Gasteiger charge is 2.22. The van der Waals surface area contributed by atoms with Crippen LogP contribution in [0.25, 0.3) is 0 Å². The van der Waals surface area contributed by atoms with Crippen molar-refractivity contribution in [3.05, 3.63) is 0 Å². The molecule has 0 spiro atoms. The molecule has 1 heterocycles. The van der Waals surface area contributed by atoms with E-state index in [0.717, 1.165) is 0 Å². The van der Waals surface area contributed by atoms with Crippen molar-refractivity contribution in [2.45, 2.75) is 19.4 Å². The summed E-state index contributed by atoms with van der Waals surface area (Å²) >= 11 is 0. The molecule has 1 aliphatic rings. The normalized spacial score (nSPS) is 21.4. The van der Waals surface area contributed by atoms with Crippen LogP contribution in [0.2, 0.25) is 0 Å². The molecule has 1 aliphatic heterocycles. The molecular weight excluding hydrogens is 160 g/mol. The fourth-order valence-electron chi connectivity index (χ4n) is 0.898. The summed E-state index contributed by atoms with van der Waals surface area (Å²) in [7, 11) is 0. The number of carbonyl (C=O) groups is 2. The van der Waals surface area contributed by atoms with E-state index < -0.39 is 6.09 Å². The smallest absolute Gasteiger partial charge is 0.407 e. The summed E-state index contributed by atoms with van der Waals surface area (Å²) in [6, 6.07) is 0. The van der Waals surface area contributed by atoms with Crippen LogP contribution in [-0.2, 0) is 9.53 Å². The zero-order chi connectivity index (χ0) is 8.97. The van der Waals surface area contributed by atoms with Gasteiger partial charge in [0, 0.05) is 6.42 Å². The number of hydrogen-bond donors (Lipinski definition) is 2. The Kier molecular flexibility index (Phi) is 2.90. The maximum atomic E-state index is 10.8. The van der Waals surface area contributed by atoms with Gasteiger partial charge in [-0.2, -0.15) is 0 Å². The predicted molar refractivity (Wildman–Crippen MR) is 41.6 cm³/mol. The minimum atomic E-state index is -0.411. The second-order valence-corrected chi connectivity index (χ2v) is 2.57. The van der Waals surface area contributed by atoms with Gasteiger partial charge in [0.1, 0.15) is 6.10 Å². The van der Waals surface area contributed by atoms with E-state index in [9.17, 15) is 9.59 Å². The summed E-state index contributed by atoms with van der Waals surface area (Å²) < 4.78 is 4.79. The van der Waals surface area contributed by atoms with Crippen molar-refractivity contribution in [1.29, 1.82) is 0 Å². The van der Waals surface area contributed by atoms with E-state index in [0.29, 0.717) is 19.5 Å². The van der Waals surface area contributed by atoms with E-state index in [1.165, 1.54) is 0 Å². The zero-order valence-corrected chi connectivity index (χ0v) is 6.92. The molecule has 5 heteroatoms. The first-order chi connectivity index (χ1) is 5.72. The highest BCUT2D eigenvalue weighted by molar-refractivity contribution is 5.75. The number of alkyl carbamates (subject to hydrolysis) is 1. The minimum Gasteiger partial charge on any atom is -0.442 e. The van der Waals surface area contributed by atoms with Gasteiger partial charge in [0.2, 0.25) is 5.91 Å². The van der Waals surface area contributed by atoms with E-state index >= 15 is 0 Å². The summed E-state index contributed by atoms with van der Waals surface area (Å²) in [6.45, 7) is 2.64. The lowest BCUT2D eigenvalue weighted by molar-refractivity contribution is -0.121. The zero-order valence-electron chi connectivity index (χ0n) is 6.92. The number of cyclic esters (lactones) is 1. The lowest BCUT2D eigenvalue weighted by atomic mass is 10.3. The van der Waals surface area contributed by atoms with Gasteiger partial charge in [-0.3, -0.25) is 4.79 Å². The van der Waals surface area contributed by atoms with Crippen molar-refractivity contribution in [2.75, 3.05) is 13.1 Å². The Hall–Kier alpha value is -1.26. The number of nitrogens with one attached hydrogen (secondary N) is 2. The van der Waals surface area contributed by atoms with Crippen LogP contribution in [0.1, 0.15) is 13.3 Å². The molecule has 0 unspecified atom stereocenters. The van der Waals surface area contributed by atoms with E-state index in [4.69, 9.17) is 4.74 Å². The molecule has 1 atom stereocenters. The van der Waals surface area contributed by atoms with Crippen molar-refractivity contribution >= 4 is 12.0 Å². The molecule has 1 rings (SSSR count). The summed E-state index contributed by atoms with van der Waals surface area (Å²) in [5, 5.41) is 5.14. The van der Waals surface area contributed by atoms with Crippen molar-refractivity contribution in [3.63, 3.8) is 0 Å². The molecule has 5 nitrogen and oxygen atoms in total. The number of ether oxygens (including phenoxy) is 1. The Morgan fingerprint density at radius 3 is 3.08 bits per heavy atom. The molecule has 0 aliphatic carbocycles. The average Bonchev–Trinajstić information content (AvgIpc) is 2.47. The van der Waals surface area contributed by atoms with Crippen LogP contribution in [0, 0.1) is 0 Å². The number of amides is 2. The number of rotatable bonds is 3. The van der Waals surface area contributed by atoms with Gasteiger partial charge in [0.15, 0.2) is 0 Å². The Bertz CT molecular complexity index is 193. The van der Waals surface area contributed by atoms with Crippen molar-refractivity contribution in [1.82, 2.24) is 10.6 Å². The van der Waals surface area contributed by atoms with Crippen LogP contribution in [-0.4, -0.2) is 31.2 Å². The monoisotopic (exact) mass is 172 g/mol. The van der Waals surface area contributed by atoms with Gasteiger partial charge >= 0.3 is 6.09 Å². The molecule has 0 saturated carbocycles. The van der Waals surface area contributed by atoms with E-state index in [-0.39, 0.29) is 12.0 Å². The Morgan fingerprint density at radius 2 is 2.58 bits per heavy atom. The summed E-state index contributed by atoms with van der Waals surface area (Å²) in [5.74, 6) is -0.0297. The number of carbonyl (C=O) groups excluding carboxylic acids is 2. The topological polar surface area (TPSA) is 67.4 Å². The van der Waals surface area contributed by atoms with Gasteiger partial charge in [-0.25, -0.2) is 4.79 Å². The number of hydrogen-bond acceptors (Lipinski definition) is 3. The summed E-state index contributed by atoms with van der Waals surface area (Å²) in [6.07, 6.45) is -0.174. The van der Waals surface area contributed by atoms with Gasteiger partial charge in [0.25, 0.3) is 0 Å². The second kappa shape index (κ2) is 3.94. The Morgan fingerprint density at radius 1 is 1.83 bits per heavy atom. The molecule has 1 fully saturated rings. The second-order valence-electron chi connectivity index (χ2n) is 2.57. The van der Waals surface area contributed by atoms with Crippen LogP contribution in [0.3, 0.4) is 0 Å².